The molecule has 0 fully saturated rings. The smallest absolute Gasteiger partial charge is 0.320 e. The van der Waals surface area contributed by atoms with Crippen molar-refractivity contribution in [2.75, 3.05) is 26.4 Å². The summed E-state index contributed by atoms with van der Waals surface area (Å²) in [4.78, 5) is 25.1. The van der Waals surface area contributed by atoms with Crippen LogP contribution >= 0.6 is 63.7 Å². The summed E-state index contributed by atoms with van der Waals surface area (Å²) in [5.74, 6) is 3.81. The molecule has 0 radical (unpaired) electrons. The van der Waals surface area contributed by atoms with Crippen molar-refractivity contribution in [2.45, 2.75) is 47.0 Å². The van der Waals surface area contributed by atoms with Crippen LogP contribution in [-0.2, 0) is 5.41 Å². The van der Waals surface area contributed by atoms with Crippen molar-refractivity contribution in [3.63, 3.8) is 0 Å². The first-order valence-electron chi connectivity index (χ1n) is 13.2. The number of nitrogens with zero attached hydrogens (tertiary/aromatic N) is 6. The molecule has 0 saturated carbocycles. The first kappa shape index (κ1) is 33.5. The van der Waals surface area contributed by atoms with Crippen molar-refractivity contribution in [2.24, 2.45) is 0 Å². The Labute approximate surface area is 284 Å². The highest BCUT2D eigenvalue weighted by Crippen LogP contribution is 2.44. The fourth-order valence-corrected chi connectivity index (χ4v) is 6.97. The van der Waals surface area contributed by atoms with Gasteiger partial charge in [-0.3, -0.25) is 0 Å². The average molecular weight is 846 g/mol. The molecule has 0 aliphatic carbocycles. The first-order chi connectivity index (χ1) is 20.3. The van der Waals surface area contributed by atoms with Crippen molar-refractivity contribution in [3.05, 3.63) is 76.6 Å². The number of hydrogen-bond acceptors (Lipinski definition) is 10. The zero-order valence-electron chi connectivity index (χ0n) is 24.5. The first-order valence-corrected chi connectivity index (χ1v) is 16.4. The monoisotopic (exact) mass is 842 g/mol. The van der Waals surface area contributed by atoms with Gasteiger partial charge < -0.3 is 18.9 Å². The molecule has 0 aliphatic heterocycles. The Morgan fingerprint density at radius 2 is 0.767 bits per heavy atom. The van der Waals surface area contributed by atoms with E-state index in [9.17, 15) is 0 Å². The number of aromatic nitrogens is 6. The van der Waals surface area contributed by atoms with Crippen LogP contribution in [0.1, 0.15) is 48.3 Å². The quantitative estimate of drug-likeness (QED) is 0.132. The molecule has 2 aromatic carbocycles. The summed E-state index contributed by atoms with van der Waals surface area (Å²) in [6.45, 7) is 12.7. The second kappa shape index (κ2) is 14.6. The number of benzene rings is 2. The lowest BCUT2D eigenvalue weighted by atomic mass is 9.78. The zero-order valence-corrected chi connectivity index (χ0v) is 30.8. The molecule has 0 unspecified atom stereocenters. The molecular weight excluding hydrogens is 816 g/mol. The van der Waals surface area contributed by atoms with Gasteiger partial charge in [0.05, 0.1) is 17.9 Å². The third-order valence-corrected chi connectivity index (χ3v) is 8.59. The minimum Gasteiger partial charge on any atom is -0.488 e. The van der Waals surface area contributed by atoms with E-state index in [2.05, 4.69) is 132 Å². The fraction of sp³-hybridized carbons (Fsp3) is 0.379. The van der Waals surface area contributed by atoms with E-state index in [0.29, 0.717) is 48.0 Å². The topological polar surface area (TPSA) is 114 Å². The lowest BCUT2D eigenvalue weighted by Gasteiger charge is -2.28. The summed E-state index contributed by atoms with van der Waals surface area (Å²) < 4.78 is 26.6. The van der Waals surface area contributed by atoms with Crippen LogP contribution in [0.5, 0.6) is 23.5 Å². The van der Waals surface area contributed by atoms with E-state index in [1.807, 2.05) is 0 Å². The lowest BCUT2D eigenvalue weighted by molar-refractivity contribution is 0.203. The Morgan fingerprint density at radius 3 is 1.07 bits per heavy atom. The summed E-state index contributed by atoms with van der Waals surface area (Å²) in [5, 5.41) is 0. The maximum absolute atomic E-state index is 6.02. The van der Waals surface area contributed by atoms with Gasteiger partial charge >= 0.3 is 12.0 Å². The van der Waals surface area contributed by atoms with E-state index in [0.717, 1.165) is 29.0 Å². The van der Waals surface area contributed by atoms with Gasteiger partial charge in [-0.1, -0.05) is 13.8 Å². The predicted molar refractivity (Wildman–Crippen MR) is 176 cm³/mol. The van der Waals surface area contributed by atoms with Crippen LogP contribution in [0.3, 0.4) is 0 Å². The summed E-state index contributed by atoms with van der Waals surface area (Å²) in [6.07, 6.45) is 0. The molecule has 0 spiro atoms. The van der Waals surface area contributed by atoms with Gasteiger partial charge in [-0.25, -0.2) is 9.97 Å². The maximum Gasteiger partial charge on any atom is 0.320 e. The second-order valence-corrected chi connectivity index (χ2v) is 13.4. The number of halogens is 4. The van der Waals surface area contributed by atoms with Crippen LogP contribution in [0.4, 0.5) is 0 Å². The molecule has 14 heteroatoms. The van der Waals surface area contributed by atoms with Crippen molar-refractivity contribution in [1.82, 2.24) is 29.9 Å². The van der Waals surface area contributed by atoms with Crippen LogP contribution in [-0.4, -0.2) is 56.3 Å². The van der Waals surface area contributed by atoms with Gasteiger partial charge in [0, 0.05) is 5.41 Å². The minimum atomic E-state index is -0.359. The van der Waals surface area contributed by atoms with Gasteiger partial charge in [0.25, 0.3) is 0 Å². The Bertz CT molecular complexity index is 1420. The third kappa shape index (κ3) is 8.83. The van der Waals surface area contributed by atoms with Crippen LogP contribution in [0.2, 0.25) is 0 Å². The van der Waals surface area contributed by atoms with E-state index in [1.165, 1.54) is 0 Å². The van der Waals surface area contributed by atoms with E-state index >= 15 is 0 Å². The van der Waals surface area contributed by atoms with Gasteiger partial charge in [-0.05, 0) is 127 Å². The van der Waals surface area contributed by atoms with Crippen molar-refractivity contribution < 1.29 is 18.9 Å². The molecule has 4 rings (SSSR count). The number of rotatable bonds is 12. The highest BCUT2D eigenvalue weighted by molar-refractivity contribution is 9.11. The Hall–Kier alpha value is -2.42. The molecule has 0 N–H and O–H groups in total. The van der Waals surface area contributed by atoms with Crippen molar-refractivity contribution >= 4 is 63.7 Å². The molecule has 2 heterocycles. The Balaban J connectivity index is 1.40. The molecule has 0 saturated heterocycles. The number of aryl methyl sites for hydroxylation is 4. The summed E-state index contributed by atoms with van der Waals surface area (Å²) in [7, 11) is 0. The normalized spacial score (nSPS) is 11.4. The van der Waals surface area contributed by atoms with E-state index in [1.54, 1.807) is 27.7 Å². The fourth-order valence-electron chi connectivity index (χ4n) is 4.14. The van der Waals surface area contributed by atoms with Gasteiger partial charge in [0.15, 0.2) is 0 Å². The number of ether oxygens (including phenoxy) is 4. The van der Waals surface area contributed by atoms with Gasteiger partial charge in [-0.15, -0.1) is 0 Å². The molecule has 228 valence electrons. The summed E-state index contributed by atoms with van der Waals surface area (Å²) >= 11 is 14.8. The van der Waals surface area contributed by atoms with Gasteiger partial charge in [-0.2, -0.15) is 19.9 Å². The third-order valence-electron chi connectivity index (χ3n) is 6.24. The van der Waals surface area contributed by atoms with Gasteiger partial charge in [0.2, 0.25) is 0 Å². The number of hydrogen-bond donors (Lipinski definition) is 0. The predicted octanol–water partition coefficient (Wildman–Crippen LogP) is 7.58. The van der Waals surface area contributed by atoms with Crippen LogP contribution in [0.25, 0.3) is 0 Å². The van der Waals surface area contributed by atoms with Crippen LogP contribution in [0, 0.1) is 27.7 Å². The SMILES string of the molecule is Cc1nc(C)nc(OCCOc2c(Br)cc(C(C)(C)c3cc(Br)c(OCCOc4nc(C)nc(C)n4)c(Br)c3)cc2Br)n1. The van der Waals surface area contributed by atoms with Crippen LogP contribution in [0.15, 0.2) is 42.2 Å². The molecule has 0 aliphatic rings. The molecule has 0 bridgehead atoms. The highest BCUT2D eigenvalue weighted by Gasteiger charge is 2.27. The standard InChI is InChI=1S/C29H30Br4N6O4/c1-15-34-16(2)37-27(36-15)42-9-7-40-25-21(30)11-19(12-22(25)31)29(5,6)20-13-23(32)26(24(33)14-20)41-8-10-43-28-38-17(3)35-18(4)39-28/h11-14H,7-10H2,1-6H3. The van der Waals surface area contributed by atoms with E-state index in [4.69, 9.17) is 18.9 Å². The lowest BCUT2D eigenvalue weighted by Crippen LogP contribution is -2.20. The molecule has 10 nitrogen and oxygen atoms in total. The Kier molecular flexibility index (Phi) is 11.3. The highest BCUT2D eigenvalue weighted by atomic mass is 79.9. The molecule has 2 aromatic heterocycles. The molecule has 4 aromatic rings. The Morgan fingerprint density at radius 1 is 0.488 bits per heavy atom. The second-order valence-electron chi connectivity index (χ2n) is 9.98. The van der Waals surface area contributed by atoms with E-state index in [-0.39, 0.29) is 30.6 Å². The van der Waals surface area contributed by atoms with Crippen molar-refractivity contribution in [1.29, 1.82) is 0 Å². The van der Waals surface area contributed by atoms with Crippen LogP contribution < -0.4 is 18.9 Å². The summed E-state index contributed by atoms with van der Waals surface area (Å²) in [6, 6.07) is 8.83. The van der Waals surface area contributed by atoms with E-state index < -0.39 is 0 Å². The minimum absolute atomic E-state index is 0.286. The maximum atomic E-state index is 6.02. The molecular formula is C29H30Br4N6O4. The van der Waals surface area contributed by atoms with Gasteiger partial charge in [0.1, 0.15) is 61.2 Å². The summed E-state index contributed by atoms with van der Waals surface area (Å²) in [5.41, 5.74) is 1.80. The molecule has 0 amide bonds. The van der Waals surface area contributed by atoms with Crippen molar-refractivity contribution in [3.8, 4) is 23.5 Å². The molecule has 43 heavy (non-hydrogen) atoms. The molecule has 0 atom stereocenters. The zero-order chi connectivity index (χ0) is 31.3. The average Bonchev–Trinajstić information content (AvgIpc) is 2.90. The largest absolute Gasteiger partial charge is 0.488 e.